The lowest BCUT2D eigenvalue weighted by atomic mass is 9.94. The number of halogens is 2. The van der Waals surface area contributed by atoms with Gasteiger partial charge in [-0.25, -0.2) is 0 Å². The summed E-state index contributed by atoms with van der Waals surface area (Å²) in [5.41, 5.74) is 1.98. The molecule has 1 aliphatic heterocycles. The first-order valence-electron chi connectivity index (χ1n) is 11.1. The SMILES string of the molecule is COc1ccc(NC(=O)c2ccc(CNC3=C(Cl)C(=O)N(C4CCCCC4)C3=O)cc2)cc1Cl. The third kappa shape index (κ3) is 5.05. The number of amides is 3. The van der Waals surface area contributed by atoms with Gasteiger partial charge in [0.25, 0.3) is 17.7 Å². The maximum Gasteiger partial charge on any atom is 0.278 e. The zero-order chi connectivity index (χ0) is 24.2. The molecule has 2 aliphatic rings. The van der Waals surface area contributed by atoms with E-state index < -0.39 is 5.91 Å². The highest BCUT2D eigenvalue weighted by Gasteiger charge is 2.41. The molecule has 2 N–H and O–H groups in total. The molecule has 1 fully saturated rings. The highest BCUT2D eigenvalue weighted by Crippen LogP contribution is 2.31. The number of imide groups is 1. The van der Waals surface area contributed by atoms with Gasteiger partial charge in [0.05, 0.1) is 12.1 Å². The van der Waals surface area contributed by atoms with Gasteiger partial charge in [-0.05, 0) is 48.7 Å². The van der Waals surface area contributed by atoms with Crippen molar-refractivity contribution in [3.63, 3.8) is 0 Å². The maximum atomic E-state index is 12.9. The number of carbonyl (C=O) groups excluding carboxylic acids is 3. The van der Waals surface area contributed by atoms with E-state index in [4.69, 9.17) is 27.9 Å². The molecule has 4 rings (SSSR count). The minimum absolute atomic E-state index is 0.0651. The Morgan fingerprint density at radius 1 is 1.03 bits per heavy atom. The number of hydrogen-bond donors (Lipinski definition) is 2. The minimum Gasteiger partial charge on any atom is -0.495 e. The van der Waals surface area contributed by atoms with Gasteiger partial charge in [0.2, 0.25) is 0 Å². The molecular weight excluding hydrogens is 477 g/mol. The van der Waals surface area contributed by atoms with E-state index in [1.165, 1.54) is 12.0 Å². The Hall–Kier alpha value is -3.03. The van der Waals surface area contributed by atoms with E-state index in [0.29, 0.717) is 28.6 Å². The smallest absolute Gasteiger partial charge is 0.278 e. The lowest BCUT2D eigenvalue weighted by Crippen LogP contribution is -2.43. The van der Waals surface area contributed by atoms with Crippen LogP contribution in [0.5, 0.6) is 5.75 Å². The average Bonchev–Trinajstić information content (AvgIpc) is 3.06. The van der Waals surface area contributed by atoms with E-state index >= 15 is 0 Å². The fourth-order valence-corrected chi connectivity index (χ4v) is 4.75. The number of nitrogens with zero attached hydrogens (tertiary/aromatic N) is 1. The van der Waals surface area contributed by atoms with Crippen molar-refractivity contribution in [2.45, 2.75) is 44.7 Å². The molecule has 0 saturated heterocycles. The molecular formula is C25H25Cl2N3O4. The number of nitrogens with one attached hydrogen (secondary N) is 2. The van der Waals surface area contributed by atoms with Crippen LogP contribution in [0.4, 0.5) is 5.69 Å². The van der Waals surface area contributed by atoms with Gasteiger partial charge in [-0.15, -0.1) is 0 Å². The standard InChI is InChI=1S/C25H25Cl2N3O4/c1-34-20-12-11-17(13-19(20)26)29-23(31)16-9-7-15(8-10-16)14-28-22-21(27)24(32)30(25(22)33)18-5-3-2-4-6-18/h7-13,18,28H,2-6,14H2,1H3,(H,29,31). The molecule has 2 aromatic carbocycles. The van der Waals surface area contributed by atoms with E-state index in [9.17, 15) is 14.4 Å². The van der Waals surface area contributed by atoms with Crippen LogP contribution in [-0.2, 0) is 16.1 Å². The largest absolute Gasteiger partial charge is 0.495 e. The van der Waals surface area contributed by atoms with Crippen molar-refractivity contribution < 1.29 is 19.1 Å². The van der Waals surface area contributed by atoms with E-state index in [1.54, 1.807) is 42.5 Å². The summed E-state index contributed by atoms with van der Waals surface area (Å²) in [6, 6.07) is 11.8. The lowest BCUT2D eigenvalue weighted by molar-refractivity contribution is -0.140. The van der Waals surface area contributed by atoms with Gasteiger partial charge < -0.3 is 15.4 Å². The van der Waals surface area contributed by atoms with Gasteiger partial charge >= 0.3 is 0 Å². The second kappa shape index (κ2) is 10.5. The van der Waals surface area contributed by atoms with Crippen LogP contribution >= 0.6 is 23.2 Å². The average molecular weight is 502 g/mol. The Morgan fingerprint density at radius 3 is 2.38 bits per heavy atom. The van der Waals surface area contributed by atoms with E-state index in [2.05, 4.69) is 10.6 Å². The predicted octanol–water partition coefficient (Wildman–Crippen LogP) is 4.84. The summed E-state index contributed by atoms with van der Waals surface area (Å²) >= 11 is 12.3. The van der Waals surface area contributed by atoms with Crippen LogP contribution in [0.3, 0.4) is 0 Å². The fourth-order valence-electron chi connectivity index (χ4n) is 4.26. The number of methoxy groups -OCH3 is 1. The Bertz CT molecular complexity index is 1140. The quantitative estimate of drug-likeness (QED) is 0.529. The summed E-state index contributed by atoms with van der Waals surface area (Å²) in [5.74, 6) is -0.551. The lowest BCUT2D eigenvalue weighted by Gasteiger charge is -2.29. The Kier molecular flexibility index (Phi) is 7.44. The third-order valence-corrected chi connectivity index (χ3v) is 6.74. The highest BCUT2D eigenvalue weighted by molar-refractivity contribution is 6.47. The number of anilines is 1. The summed E-state index contributed by atoms with van der Waals surface area (Å²) in [6.07, 6.45) is 4.78. The normalized spacial score (nSPS) is 16.7. The van der Waals surface area contributed by atoms with Crippen molar-refractivity contribution in [3.05, 3.63) is 69.3 Å². The molecule has 0 radical (unpaired) electrons. The second-order valence-corrected chi connectivity index (χ2v) is 9.10. The molecule has 0 spiro atoms. The summed E-state index contributed by atoms with van der Waals surface area (Å²) in [4.78, 5) is 39.3. The van der Waals surface area contributed by atoms with Crippen molar-refractivity contribution >= 4 is 46.6 Å². The molecule has 1 heterocycles. The van der Waals surface area contributed by atoms with E-state index in [1.807, 2.05) is 0 Å². The van der Waals surface area contributed by atoms with Crippen molar-refractivity contribution in [2.75, 3.05) is 12.4 Å². The summed E-state index contributed by atoms with van der Waals surface area (Å²) < 4.78 is 5.11. The zero-order valence-corrected chi connectivity index (χ0v) is 20.2. The van der Waals surface area contributed by atoms with Crippen LogP contribution < -0.4 is 15.4 Å². The monoisotopic (exact) mass is 501 g/mol. The van der Waals surface area contributed by atoms with Crippen molar-refractivity contribution in [2.24, 2.45) is 0 Å². The molecule has 0 aromatic heterocycles. The van der Waals surface area contributed by atoms with Crippen LogP contribution in [0, 0.1) is 0 Å². The Labute approximate surface area is 208 Å². The third-order valence-electron chi connectivity index (χ3n) is 6.09. The van der Waals surface area contributed by atoms with Gasteiger partial charge in [-0.2, -0.15) is 0 Å². The first kappa shape index (κ1) is 24.1. The molecule has 0 bridgehead atoms. The molecule has 0 unspecified atom stereocenters. The first-order chi connectivity index (χ1) is 16.4. The highest BCUT2D eigenvalue weighted by atomic mass is 35.5. The summed E-state index contributed by atoms with van der Waals surface area (Å²) in [7, 11) is 1.52. The predicted molar refractivity (Wildman–Crippen MR) is 131 cm³/mol. The van der Waals surface area contributed by atoms with Gasteiger partial charge in [-0.1, -0.05) is 54.6 Å². The zero-order valence-electron chi connectivity index (χ0n) is 18.7. The Morgan fingerprint density at radius 2 is 1.74 bits per heavy atom. The van der Waals surface area contributed by atoms with E-state index in [-0.39, 0.29) is 28.6 Å². The summed E-state index contributed by atoms with van der Waals surface area (Å²) in [5, 5.41) is 6.14. The Balaban J connectivity index is 1.36. The van der Waals surface area contributed by atoms with Gasteiger partial charge in [0.15, 0.2) is 0 Å². The molecule has 9 heteroatoms. The second-order valence-electron chi connectivity index (χ2n) is 8.32. The van der Waals surface area contributed by atoms with Crippen LogP contribution in [0.25, 0.3) is 0 Å². The minimum atomic E-state index is -0.424. The number of rotatable bonds is 7. The molecule has 1 saturated carbocycles. The molecule has 0 atom stereocenters. The van der Waals surface area contributed by atoms with Crippen LogP contribution in [-0.4, -0.2) is 35.8 Å². The van der Waals surface area contributed by atoms with Gasteiger partial charge in [-0.3, -0.25) is 19.3 Å². The topological polar surface area (TPSA) is 87.7 Å². The number of hydrogen-bond acceptors (Lipinski definition) is 5. The molecule has 7 nitrogen and oxygen atoms in total. The summed E-state index contributed by atoms with van der Waals surface area (Å²) in [6.45, 7) is 0.291. The van der Waals surface area contributed by atoms with Crippen LogP contribution in [0.15, 0.2) is 53.2 Å². The van der Waals surface area contributed by atoms with Crippen LogP contribution in [0.1, 0.15) is 48.0 Å². The molecule has 1 aliphatic carbocycles. The van der Waals surface area contributed by atoms with Crippen molar-refractivity contribution in [1.82, 2.24) is 10.2 Å². The van der Waals surface area contributed by atoms with Gasteiger partial charge in [0.1, 0.15) is 16.5 Å². The van der Waals surface area contributed by atoms with Crippen LogP contribution in [0.2, 0.25) is 5.02 Å². The molecule has 34 heavy (non-hydrogen) atoms. The van der Waals surface area contributed by atoms with Gasteiger partial charge in [0, 0.05) is 23.8 Å². The molecule has 178 valence electrons. The van der Waals surface area contributed by atoms with E-state index in [0.717, 1.165) is 37.7 Å². The van der Waals surface area contributed by atoms with Crippen molar-refractivity contribution in [3.8, 4) is 5.75 Å². The first-order valence-corrected chi connectivity index (χ1v) is 11.9. The maximum absolute atomic E-state index is 12.9. The number of carbonyl (C=O) groups is 3. The van der Waals surface area contributed by atoms with Crippen molar-refractivity contribution in [1.29, 1.82) is 0 Å². The number of ether oxygens (including phenoxy) is 1. The number of benzene rings is 2. The fraction of sp³-hybridized carbons (Fsp3) is 0.320. The molecule has 2 aromatic rings. The molecule has 3 amide bonds.